The van der Waals surface area contributed by atoms with E-state index in [0.29, 0.717) is 30.3 Å². The van der Waals surface area contributed by atoms with Crippen LogP contribution in [0.2, 0.25) is 0 Å². The number of nitrogens with zero attached hydrogens (tertiary/aromatic N) is 3. The highest BCUT2D eigenvalue weighted by Gasteiger charge is 2.38. The Morgan fingerprint density at radius 3 is 2.88 bits per heavy atom. The molecule has 3 aromatic rings. The molecule has 128 valence electrons. The normalized spacial score (nSPS) is 19.7. The Bertz CT molecular complexity index is 887. The summed E-state index contributed by atoms with van der Waals surface area (Å²) >= 11 is 0. The summed E-state index contributed by atoms with van der Waals surface area (Å²) in [5.74, 6) is 0.824. The van der Waals surface area contributed by atoms with E-state index in [0.717, 1.165) is 5.56 Å². The number of hydrogen-bond donors (Lipinski definition) is 1. The van der Waals surface area contributed by atoms with Gasteiger partial charge in [0.2, 0.25) is 5.89 Å². The van der Waals surface area contributed by atoms with E-state index in [9.17, 15) is 9.90 Å². The first-order valence-corrected chi connectivity index (χ1v) is 8.06. The second-order valence-electron chi connectivity index (χ2n) is 6.12. The minimum atomic E-state index is -0.471. The number of β-amino-alcohol motifs (C(OH)–C–C–N with tert-alkyl or cyclic N) is 1. The van der Waals surface area contributed by atoms with E-state index >= 15 is 0 Å². The van der Waals surface area contributed by atoms with Crippen molar-refractivity contribution >= 4 is 5.91 Å². The summed E-state index contributed by atoms with van der Waals surface area (Å²) in [5.41, 5.74) is 1.85. The van der Waals surface area contributed by atoms with E-state index in [4.69, 9.17) is 8.94 Å². The molecule has 0 spiro atoms. The number of rotatable bonds is 4. The van der Waals surface area contributed by atoms with Crippen molar-refractivity contribution in [1.29, 1.82) is 0 Å². The van der Waals surface area contributed by atoms with Gasteiger partial charge >= 0.3 is 0 Å². The van der Waals surface area contributed by atoms with Gasteiger partial charge < -0.3 is 18.9 Å². The van der Waals surface area contributed by atoms with E-state index in [1.165, 1.54) is 6.26 Å². The fraction of sp³-hybridized carbons (Fsp3) is 0.278. The van der Waals surface area contributed by atoms with Crippen LogP contribution in [-0.4, -0.2) is 44.7 Å². The number of aliphatic hydroxyl groups excluding tert-OH is 1. The average Bonchev–Trinajstić information content (AvgIpc) is 3.29. The second kappa shape index (κ2) is 6.18. The second-order valence-corrected chi connectivity index (χ2v) is 6.12. The topological polar surface area (TPSA) is 92.6 Å². The first-order valence-electron chi connectivity index (χ1n) is 8.06. The van der Waals surface area contributed by atoms with Crippen LogP contribution in [-0.2, 0) is 6.42 Å². The molecule has 1 amide bonds. The third kappa shape index (κ3) is 2.94. The lowest BCUT2D eigenvalue weighted by molar-refractivity contribution is -0.0360. The number of benzene rings is 1. The summed E-state index contributed by atoms with van der Waals surface area (Å²) in [4.78, 5) is 18.1. The Kier molecular flexibility index (Phi) is 3.85. The Morgan fingerprint density at radius 1 is 1.36 bits per heavy atom. The maximum atomic E-state index is 12.3. The highest BCUT2D eigenvalue weighted by atomic mass is 16.5. The molecule has 1 aliphatic rings. The molecule has 1 fully saturated rings. The molecule has 1 aliphatic heterocycles. The summed E-state index contributed by atoms with van der Waals surface area (Å²) in [6.07, 6.45) is 1.21. The number of likely N-dealkylation sites (tertiary alicyclic amines) is 1. The summed E-state index contributed by atoms with van der Waals surface area (Å²) in [6, 6.07) is 11.3. The molecule has 7 nitrogen and oxygen atoms in total. The molecule has 1 aromatic carbocycles. The fourth-order valence-electron chi connectivity index (χ4n) is 2.78. The molecule has 25 heavy (non-hydrogen) atoms. The third-order valence-electron chi connectivity index (χ3n) is 4.41. The predicted octanol–water partition coefficient (Wildman–Crippen LogP) is 2.13. The molecule has 4 rings (SSSR count). The first-order chi connectivity index (χ1) is 12.1. The van der Waals surface area contributed by atoms with Crippen molar-refractivity contribution in [2.24, 2.45) is 0 Å². The van der Waals surface area contributed by atoms with Crippen molar-refractivity contribution in [2.45, 2.75) is 25.5 Å². The molecule has 0 bridgehead atoms. The predicted molar refractivity (Wildman–Crippen MR) is 87.8 cm³/mol. The van der Waals surface area contributed by atoms with Gasteiger partial charge in [0.15, 0.2) is 11.5 Å². The lowest BCUT2D eigenvalue weighted by Crippen LogP contribution is -2.60. The van der Waals surface area contributed by atoms with Gasteiger partial charge in [-0.2, -0.15) is 0 Å². The van der Waals surface area contributed by atoms with Crippen molar-refractivity contribution in [1.82, 2.24) is 15.0 Å². The SMILES string of the molecule is C[C@H]1[C@@H](O)CN1C(=O)c1coc(Cc2cc(-c3ccccc3)on2)n1. The van der Waals surface area contributed by atoms with Gasteiger partial charge in [-0.25, -0.2) is 4.98 Å². The van der Waals surface area contributed by atoms with E-state index in [1.54, 1.807) is 11.8 Å². The van der Waals surface area contributed by atoms with Gasteiger partial charge in [0.25, 0.3) is 5.91 Å². The molecular weight excluding hydrogens is 322 g/mol. The smallest absolute Gasteiger partial charge is 0.276 e. The average molecular weight is 339 g/mol. The zero-order valence-electron chi connectivity index (χ0n) is 13.6. The van der Waals surface area contributed by atoms with Gasteiger partial charge in [-0.05, 0) is 6.92 Å². The van der Waals surface area contributed by atoms with Crippen LogP contribution >= 0.6 is 0 Å². The van der Waals surface area contributed by atoms with Gasteiger partial charge in [-0.1, -0.05) is 35.5 Å². The molecule has 0 saturated carbocycles. The highest BCUT2D eigenvalue weighted by Crippen LogP contribution is 2.22. The van der Waals surface area contributed by atoms with Crippen LogP contribution in [0.5, 0.6) is 0 Å². The van der Waals surface area contributed by atoms with E-state index in [-0.39, 0.29) is 17.6 Å². The molecule has 1 N–H and O–H groups in total. The van der Waals surface area contributed by atoms with Crippen LogP contribution in [0.3, 0.4) is 0 Å². The quantitative estimate of drug-likeness (QED) is 0.783. The Morgan fingerprint density at radius 2 is 2.16 bits per heavy atom. The minimum absolute atomic E-state index is 0.198. The Labute approximate surface area is 143 Å². The molecule has 2 aromatic heterocycles. The largest absolute Gasteiger partial charge is 0.448 e. The van der Waals surface area contributed by atoms with Crippen LogP contribution in [0.1, 0.15) is 29.0 Å². The number of aromatic nitrogens is 2. The number of carbonyl (C=O) groups excluding carboxylic acids is 1. The zero-order valence-corrected chi connectivity index (χ0v) is 13.6. The van der Waals surface area contributed by atoms with E-state index < -0.39 is 6.10 Å². The number of carbonyl (C=O) groups is 1. The molecule has 0 aliphatic carbocycles. The Balaban J connectivity index is 1.45. The van der Waals surface area contributed by atoms with Crippen LogP contribution in [0.4, 0.5) is 0 Å². The van der Waals surface area contributed by atoms with Crippen molar-refractivity contribution in [3.8, 4) is 11.3 Å². The van der Waals surface area contributed by atoms with Gasteiger partial charge in [-0.3, -0.25) is 4.79 Å². The summed E-state index contributed by atoms with van der Waals surface area (Å²) in [6.45, 7) is 2.12. The molecule has 3 heterocycles. The molecular formula is C18H17N3O4. The first kappa shape index (κ1) is 15.6. The van der Waals surface area contributed by atoms with Crippen LogP contribution < -0.4 is 0 Å². The van der Waals surface area contributed by atoms with Crippen molar-refractivity contribution in [3.05, 3.63) is 59.9 Å². The van der Waals surface area contributed by atoms with Gasteiger partial charge in [-0.15, -0.1) is 0 Å². The van der Waals surface area contributed by atoms with Crippen molar-refractivity contribution in [2.75, 3.05) is 6.54 Å². The zero-order chi connectivity index (χ0) is 17.4. The molecule has 1 saturated heterocycles. The van der Waals surface area contributed by atoms with Gasteiger partial charge in [0, 0.05) is 18.2 Å². The molecule has 0 radical (unpaired) electrons. The van der Waals surface area contributed by atoms with Crippen molar-refractivity contribution in [3.63, 3.8) is 0 Å². The number of amides is 1. The molecule has 2 atom stereocenters. The molecule has 0 unspecified atom stereocenters. The van der Waals surface area contributed by atoms with E-state index in [2.05, 4.69) is 10.1 Å². The van der Waals surface area contributed by atoms with Crippen molar-refractivity contribution < 1.29 is 18.8 Å². The number of oxazole rings is 1. The van der Waals surface area contributed by atoms with Gasteiger partial charge in [0.1, 0.15) is 6.26 Å². The lowest BCUT2D eigenvalue weighted by Gasteiger charge is -2.42. The third-order valence-corrected chi connectivity index (χ3v) is 4.41. The minimum Gasteiger partial charge on any atom is -0.448 e. The van der Waals surface area contributed by atoms with Crippen LogP contribution in [0.25, 0.3) is 11.3 Å². The number of hydrogen-bond acceptors (Lipinski definition) is 6. The Hall–Kier alpha value is -2.93. The maximum Gasteiger partial charge on any atom is 0.276 e. The molecule has 7 heteroatoms. The van der Waals surface area contributed by atoms with Crippen LogP contribution in [0.15, 0.2) is 51.6 Å². The van der Waals surface area contributed by atoms with Gasteiger partial charge in [0.05, 0.1) is 24.3 Å². The summed E-state index contributed by atoms with van der Waals surface area (Å²) in [7, 11) is 0. The monoisotopic (exact) mass is 339 g/mol. The lowest BCUT2D eigenvalue weighted by atomic mass is 10.0. The standard InChI is InChI=1S/C18H17N3O4/c1-11-15(22)9-21(11)18(23)14-10-24-17(19-14)8-13-7-16(25-20-13)12-5-3-2-4-6-12/h2-7,10-11,15,22H,8-9H2,1H3/t11-,15-/m0/s1. The highest BCUT2D eigenvalue weighted by molar-refractivity contribution is 5.92. The van der Waals surface area contributed by atoms with Crippen LogP contribution in [0, 0.1) is 0 Å². The fourth-order valence-corrected chi connectivity index (χ4v) is 2.78. The number of aliphatic hydroxyl groups is 1. The van der Waals surface area contributed by atoms with E-state index in [1.807, 2.05) is 36.4 Å². The maximum absolute atomic E-state index is 12.3. The summed E-state index contributed by atoms with van der Waals surface area (Å²) < 4.78 is 10.7. The summed E-state index contributed by atoms with van der Waals surface area (Å²) in [5, 5.41) is 13.5.